The van der Waals surface area contributed by atoms with Crippen molar-refractivity contribution in [2.75, 3.05) is 19.5 Å². The number of hydrogen-bond donors (Lipinski definition) is 1. The summed E-state index contributed by atoms with van der Waals surface area (Å²) in [6, 6.07) is 0. The molecule has 9 heteroatoms. The molecule has 1 aromatic heterocycles. The molecular weight excluding hydrogens is 454 g/mol. The monoisotopic (exact) mass is 493 g/mol. The lowest BCUT2D eigenvalue weighted by Gasteiger charge is -2.42. The van der Waals surface area contributed by atoms with Gasteiger partial charge in [-0.2, -0.15) is 0 Å². The first-order chi connectivity index (χ1) is 16.1. The first-order valence-electron chi connectivity index (χ1n) is 12.3. The Morgan fingerprint density at radius 1 is 1.35 bits per heavy atom. The molecule has 1 aliphatic carbocycles. The second-order valence-electron chi connectivity index (χ2n) is 10.9. The number of allylic oxidation sites excluding steroid dienone is 1. The Labute approximate surface area is 206 Å². The molecule has 2 aliphatic heterocycles. The van der Waals surface area contributed by atoms with Gasteiger partial charge in [0.15, 0.2) is 0 Å². The van der Waals surface area contributed by atoms with Crippen LogP contribution in [0.25, 0.3) is 0 Å². The van der Waals surface area contributed by atoms with Crippen molar-refractivity contribution >= 4 is 22.4 Å². The van der Waals surface area contributed by atoms with Gasteiger partial charge in [-0.25, -0.2) is 0 Å². The molecule has 34 heavy (non-hydrogen) atoms. The predicted molar refractivity (Wildman–Crippen MR) is 130 cm³/mol. The van der Waals surface area contributed by atoms with Gasteiger partial charge in [-0.15, -0.1) is 10.2 Å². The van der Waals surface area contributed by atoms with Gasteiger partial charge in [0, 0.05) is 20.0 Å². The number of carbonyl (C=O) groups excluding carboxylic acids is 1. The Balaban J connectivity index is 1.42. The maximum atomic E-state index is 13.1. The number of anilines is 1. The van der Waals surface area contributed by atoms with E-state index in [0.29, 0.717) is 30.5 Å². The van der Waals surface area contributed by atoms with Gasteiger partial charge in [0.05, 0.1) is 18.6 Å². The summed E-state index contributed by atoms with van der Waals surface area (Å²) in [5, 5.41) is 9.32. The second-order valence-corrected chi connectivity index (χ2v) is 11.9. The first-order valence-corrected chi connectivity index (χ1v) is 13.1. The Bertz CT molecular complexity index is 910. The number of hydrogen-bond acceptors (Lipinski definition) is 9. The minimum absolute atomic E-state index is 0.0253. The Morgan fingerprint density at radius 3 is 2.65 bits per heavy atom. The van der Waals surface area contributed by atoms with Gasteiger partial charge >= 0.3 is 5.97 Å². The van der Waals surface area contributed by atoms with Gasteiger partial charge in [0.2, 0.25) is 5.13 Å². The average molecular weight is 494 g/mol. The maximum absolute atomic E-state index is 13.1. The van der Waals surface area contributed by atoms with Crippen molar-refractivity contribution in [1.29, 1.82) is 0 Å². The van der Waals surface area contributed by atoms with E-state index in [-0.39, 0.29) is 47.3 Å². The number of nitrogen functional groups attached to an aromatic ring is 1. The normalized spacial score (nSPS) is 35.3. The van der Waals surface area contributed by atoms with Crippen molar-refractivity contribution in [3.8, 4) is 0 Å². The fourth-order valence-corrected chi connectivity index (χ4v) is 6.32. The van der Waals surface area contributed by atoms with Gasteiger partial charge in [0.25, 0.3) is 0 Å². The van der Waals surface area contributed by atoms with E-state index >= 15 is 0 Å². The zero-order chi connectivity index (χ0) is 24.7. The van der Waals surface area contributed by atoms with Gasteiger partial charge in [-0.1, -0.05) is 36.8 Å². The molecule has 2 saturated heterocycles. The lowest BCUT2D eigenvalue weighted by atomic mass is 9.68. The third kappa shape index (κ3) is 5.32. The molecule has 1 aromatic rings. The first kappa shape index (κ1) is 25.5. The van der Waals surface area contributed by atoms with E-state index in [2.05, 4.69) is 50.9 Å². The topological polar surface area (TPSA) is 112 Å². The highest BCUT2D eigenvalue weighted by Crippen LogP contribution is 2.59. The number of carbonyl (C=O) groups is 1. The minimum Gasteiger partial charge on any atom is -0.460 e. The highest BCUT2D eigenvalue weighted by Gasteiger charge is 2.72. The van der Waals surface area contributed by atoms with Crippen molar-refractivity contribution in [3.05, 3.63) is 16.7 Å². The largest absolute Gasteiger partial charge is 0.460 e. The van der Waals surface area contributed by atoms with E-state index in [1.165, 1.54) is 16.9 Å². The summed E-state index contributed by atoms with van der Waals surface area (Å²) in [6.45, 7) is 11.3. The molecule has 0 bridgehead atoms. The molecule has 2 N–H and O–H groups in total. The van der Waals surface area contributed by atoms with Crippen LogP contribution in [0.2, 0.25) is 0 Å². The highest BCUT2D eigenvalue weighted by molar-refractivity contribution is 7.15. The summed E-state index contributed by atoms with van der Waals surface area (Å²) in [5.41, 5.74) is 6.44. The molecule has 3 heterocycles. The molecule has 3 aliphatic rings. The van der Waals surface area contributed by atoms with E-state index < -0.39 is 0 Å². The van der Waals surface area contributed by atoms with Crippen LogP contribution in [0.4, 0.5) is 5.13 Å². The van der Waals surface area contributed by atoms with Gasteiger partial charge < -0.3 is 24.7 Å². The van der Waals surface area contributed by atoms with Crippen LogP contribution in [0.3, 0.4) is 0 Å². The summed E-state index contributed by atoms with van der Waals surface area (Å²) in [6.07, 6.45) is 5.22. The standard InChI is InChI=1S/C25H39N3O5S/c1-14(2)7-8-18-24(5,33-18)22-21(30-6)17(9-10-25(22)13-31-25)32-20(29)12-16(15(3)4)11-19-27-28-23(26)34-19/h7,15-18,21-22H,8-13H2,1-6H3,(H2,26,28)/t16-,17+,18+,21+,22+,24-,25-/m0/s1. The fourth-order valence-electron chi connectivity index (χ4n) is 5.62. The zero-order valence-corrected chi connectivity index (χ0v) is 22.0. The van der Waals surface area contributed by atoms with Crippen LogP contribution in [0.1, 0.15) is 65.3 Å². The van der Waals surface area contributed by atoms with Gasteiger partial charge in [-0.05, 0) is 51.9 Å². The minimum atomic E-state index is -0.341. The van der Waals surface area contributed by atoms with Crippen LogP contribution in [0.5, 0.6) is 0 Å². The van der Waals surface area contributed by atoms with Crippen molar-refractivity contribution in [2.45, 2.75) is 96.2 Å². The smallest absolute Gasteiger partial charge is 0.306 e. The summed E-state index contributed by atoms with van der Waals surface area (Å²) in [5.74, 6) is 0.235. The molecule has 7 atom stereocenters. The van der Waals surface area contributed by atoms with Crippen LogP contribution in [0.15, 0.2) is 11.6 Å². The van der Waals surface area contributed by atoms with E-state index in [1.54, 1.807) is 7.11 Å². The Kier molecular flexibility index (Phi) is 7.39. The molecule has 4 rings (SSSR count). The van der Waals surface area contributed by atoms with Crippen LogP contribution in [-0.2, 0) is 30.2 Å². The summed E-state index contributed by atoms with van der Waals surface area (Å²) in [4.78, 5) is 13.1. The number of ether oxygens (including phenoxy) is 4. The molecule has 0 aromatic carbocycles. The number of rotatable bonds is 10. The van der Waals surface area contributed by atoms with Crippen molar-refractivity contribution in [2.24, 2.45) is 17.8 Å². The van der Waals surface area contributed by atoms with Gasteiger partial charge in [0.1, 0.15) is 28.4 Å². The Morgan fingerprint density at radius 2 is 2.09 bits per heavy atom. The second kappa shape index (κ2) is 9.84. The van der Waals surface area contributed by atoms with Crippen molar-refractivity contribution in [1.82, 2.24) is 10.2 Å². The summed E-state index contributed by atoms with van der Waals surface area (Å²) in [7, 11) is 1.70. The number of epoxide rings is 2. The molecule has 0 amide bonds. The molecular formula is C25H39N3O5S. The van der Waals surface area contributed by atoms with Crippen LogP contribution in [0, 0.1) is 17.8 Å². The fraction of sp³-hybridized carbons (Fsp3) is 0.800. The van der Waals surface area contributed by atoms with Crippen molar-refractivity contribution < 1.29 is 23.7 Å². The summed E-state index contributed by atoms with van der Waals surface area (Å²) >= 11 is 1.37. The molecule has 1 saturated carbocycles. The van der Waals surface area contributed by atoms with Crippen molar-refractivity contribution in [3.63, 3.8) is 0 Å². The SMILES string of the molecule is CO[C@@H]1[C@H](OC(=O)C[C@H](Cc2nnc(N)s2)C(C)C)CC[C@]2(CO2)[C@H]1[C@@]1(C)O[C@@H]1CC=C(C)C. The third-order valence-corrected chi connectivity index (χ3v) is 8.59. The lowest BCUT2D eigenvalue weighted by Crippen LogP contribution is -2.55. The number of aromatic nitrogens is 2. The molecule has 0 unspecified atom stereocenters. The number of nitrogens with zero attached hydrogens (tertiary/aromatic N) is 2. The van der Waals surface area contributed by atoms with E-state index in [4.69, 9.17) is 24.7 Å². The maximum Gasteiger partial charge on any atom is 0.306 e. The predicted octanol–water partition coefficient (Wildman–Crippen LogP) is 3.94. The summed E-state index contributed by atoms with van der Waals surface area (Å²) < 4.78 is 24.3. The van der Waals surface area contributed by atoms with E-state index in [0.717, 1.165) is 24.3 Å². The van der Waals surface area contributed by atoms with Gasteiger partial charge in [-0.3, -0.25) is 4.79 Å². The molecule has 190 valence electrons. The molecule has 8 nitrogen and oxygen atoms in total. The molecule has 0 radical (unpaired) electrons. The molecule has 3 fully saturated rings. The third-order valence-electron chi connectivity index (χ3n) is 7.81. The Hall–Kier alpha value is -1.55. The van der Waals surface area contributed by atoms with E-state index in [9.17, 15) is 4.79 Å². The number of methoxy groups -OCH3 is 1. The highest BCUT2D eigenvalue weighted by atomic mass is 32.1. The molecule has 1 spiro atoms. The van der Waals surface area contributed by atoms with Crippen LogP contribution in [-0.4, -0.2) is 59.4 Å². The number of esters is 1. The lowest BCUT2D eigenvalue weighted by molar-refractivity contribution is -0.173. The van der Waals surface area contributed by atoms with E-state index in [1.807, 2.05) is 0 Å². The average Bonchev–Trinajstić information content (AvgIpc) is 3.64. The van der Waals surface area contributed by atoms with Crippen LogP contribution < -0.4 is 5.73 Å². The quantitative estimate of drug-likeness (QED) is 0.296. The van der Waals surface area contributed by atoms with Crippen LogP contribution >= 0.6 is 11.3 Å². The number of nitrogens with two attached hydrogens (primary N) is 1. The zero-order valence-electron chi connectivity index (χ0n) is 21.2.